The Balaban J connectivity index is 2.36. The first-order chi connectivity index (χ1) is 7.11. The molecule has 0 spiro atoms. The van der Waals surface area contributed by atoms with Crippen LogP contribution in [0, 0.1) is 12.3 Å². The number of nitrogens with two attached hydrogens (primary N) is 1. The lowest BCUT2D eigenvalue weighted by atomic mass is 9.88. The molecule has 3 N–H and O–H groups in total. The van der Waals surface area contributed by atoms with Crippen LogP contribution in [0.15, 0.2) is 10.8 Å². The van der Waals surface area contributed by atoms with E-state index in [4.69, 9.17) is 5.73 Å². The highest BCUT2D eigenvalue weighted by atomic mass is 32.1. The van der Waals surface area contributed by atoms with E-state index in [0.717, 1.165) is 26.1 Å². The molecule has 1 heterocycles. The van der Waals surface area contributed by atoms with Gasteiger partial charge in [-0.2, -0.15) is 11.3 Å². The maximum atomic E-state index is 5.77. The number of aryl methyl sites for hydroxylation is 1. The third kappa shape index (κ3) is 3.59. The van der Waals surface area contributed by atoms with Gasteiger partial charge in [0.2, 0.25) is 0 Å². The zero-order chi connectivity index (χ0) is 11.3. The van der Waals surface area contributed by atoms with Gasteiger partial charge in [-0.25, -0.2) is 0 Å². The summed E-state index contributed by atoms with van der Waals surface area (Å²) in [5.41, 5.74) is 8.81. The first-order valence-electron chi connectivity index (χ1n) is 5.54. The quantitative estimate of drug-likeness (QED) is 0.782. The minimum Gasteiger partial charge on any atom is -0.330 e. The van der Waals surface area contributed by atoms with Crippen LogP contribution in [0.4, 0.5) is 0 Å². The predicted molar refractivity (Wildman–Crippen MR) is 68.2 cm³/mol. The highest BCUT2D eigenvalue weighted by Gasteiger charge is 2.19. The lowest BCUT2D eigenvalue weighted by molar-refractivity contribution is 0.303. The Kier molecular flexibility index (Phi) is 4.77. The van der Waals surface area contributed by atoms with Crippen LogP contribution in [0.3, 0.4) is 0 Å². The van der Waals surface area contributed by atoms with Crippen molar-refractivity contribution in [2.24, 2.45) is 11.1 Å². The van der Waals surface area contributed by atoms with Gasteiger partial charge in [0.15, 0.2) is 0 Å². The van der Waals surface area contributed by atoms with Crippen LogP contribution in [0.5, 0.6) is 0 Å². The topological polar surface area (TPSA) is 38.0 Å². The molecule has 86 valence electrons. The van der Waals surface area contributed by atoms with Crippen molar-refractivity contribution in [1.29, 1.82) is 0 Å². The monoisotopic (exact) mass is 226 g/mol. The van der Waals surface area contributed by atoms with Gasteiger partial charge in [-0.15, -0.1) is 0 Å². The first kappa shape index (κ1) is 12.7. The van der Waals surface area contributed by atoms with Crippen LogP contribution in [0.2, 0.25) is 0 Å². The lowest BCUT2D eigenvalue weighted by Crippen LogP contribution is -2.37. The Morgan fingerprint density at radius 2 is 2.20 bits per heavy atom. The highest BCUT2D eigenvalue weighted by Crippen LogP contribution is 2.18. The number of hydrogen-bond donors (Lipinski definition) is 2. The van der Waals surface area contributed by atoms with Crippen molar-refractivity contribution in [2.75, 3.05) is 13.1 Å². The van der Waals surface area contributed by atoms with Crippen LogP contribution in [0.1, 0.15) is 31.4 Å². The summed E-state index contributed by atoms with van der Waals surface area (Å²) in [7, 11) is 0. The molecule has 0 radical (unpaired) electrons. The van der Waals surface area contributed by atoms with Crippen molar-refractivity contribution in [3.8, 4) is 0 Å². The Labute approximate surface area is 96.9 Å². The second kappa shape index (κ2) is 5.64. The molecule has 1 aromatic heterocycles. The van der Waals surface area contributed by atoms with E-state index in [1.54, 1.807) is 11.3 Å². The second-order valence-corrected chi connectivity index (χ2v) is 5.30. The van der Waals surface area contributed by atoms with Gasteiger partial charge in [0.1, 0.15) is 0 Å². The third-order valence-electron chi connectivity index (χ3n) is 3.18. The summed E-state index contributed by atoms with van der Waals surface area (Å²) < 4.78 is 0. The van der Waals surface area contributed by atoms with E-state index in [1.807, 2.05) is 0 Å². The Hall–Kier alpha value is -0.380. The second-order valence-electron chi connectivity index (χ2n) is 4.55. The van der Waals surface area contributed by atoms with E-state index in [1.165, 1.54) is 11.1 Å². The van der Waals surface area contributed by atoms with Crippen LogP contribution in [-0.2, 0) is 6.54 Å². The first-order valence-corrected chi connectivity index (χ1v) is 6.48. The molecule has 0 amide bonds. The molecule has 0 fully saturated rings. The molecule has 0 bridgehead atoms. The molecule has 0 aliphatic heterocycles. The molecule has 0 aliphatic carbocycles. The number of nitrogens with one attached hydrogen (secondary N) is 1. The Morgan fingerprint density at radius 3 is 2.67 bits per heavy atom. The summed E-state index contributed by atoms with van der Waals surface area (Å²) >= 11 is 1.77. The van der Waals surface area contributed by atoms with Crippen molar-refractivity contribution in [2.45, 2.75) is 33.7 Å². The van der Waals surface area contributed by atoms with Gasteiger partial charge in [-0.1, -0.05) is 13.8 Å². The number of hydrogen-bond acceptors (Lipinski definition) is 3. The van der Waals surface area contributed by atoms with Crippen molar-refractivity contribution in [3.63, 3.8) is 0 Å². The smallest absolute Gasteiger partial charge is 0.0216 e. The molecule has 0 saturated carbocycles. The van der Waals surface area contributed by atoms with E-state index in [9.17, 15) is 0 Å². The van der Waals surface area contributed by atoms with E-state index >= 15 is 0 Å². The van der Waals surface area contributed by atoms with Crippen molar-refractivity contribution >= 4 is 11.3 Å². The van der Waals surface area contributed by atoms with Crippen molar-refractivity contribution in [1.82, 2.24) is 5.32 Å². The fourth-order valence-corrected chi connectivity index (χ4v) is 2.27. The molecule has 3 heteroatoms. The molecular formula is C12H22N2S. The summed E-state index contributed by atoms with van der Waals surface area (Å²) in [6.07, 6.45) is 1.12. The maximum absolute atomic E-state index is 5.77. The zero-order valence-electron chi connectivity index (χ0n) is 9.97. The zero-order valence-corrected chi connectivity index (χ0v) is 10.8. The summed E-state index contributed by atoms with van der Waals surface area (Å²) in [6.45, 7) is 9.31. The summed E-state index contributed by atoms with van der Waals surface area (Å²) in [5, 5.41) is 7.91. The van der Waals surface area contributed by atoms with Gasteiger partial charge < -0.3 is 11.1 Å². The molecule has 1 aromatic rings. The van der Waals surface area contributed by atoms with E-state index in [2.05, 4.69) is 36.8 Å². The molecule has 0 saturated heterocycles. The Morgan fingerprint density at radius 1 is 1.47 bits per heavy atom. The largest absolute Gasteiger partial charge is 0.330 e. The Bertz CT molecular complexity index is 290. The minimum atomic E-state index is 0.240. The van der Waals surface area contributed by atoms with Crippen LogP contribution >= 0.6 is 11.3 Å². The van der Waals surface area contributed by atoms with Crippen molar-refractivity contribution in [3.05, 3.63) is 21.9 Å². The normalized spacial score (nSPS) is 15.2. The standard InChI is InChI=1S/C12H22N2S/c1-4-12(3,8-13)9-14-5-11-7-15-6-10(11)2/h6-7,14H,4-5,8-9,13H2,1-3H3. The van der Waals surface area contributed by atoms with E-state index in [-0.39, 0.29) is 5.41 Å². The SMILES string of the molecule is CCC(C)(CN)CNCc1cscc1C. The summed E-state index contributed by atoms with van der Waals surface area (Å²) in [6, 6.07) is 0. The van der Waals surface area contributed by atoms with Gasteiger partial charge in [-0.3, -0.25) is 0 Å². The van der Waals surface area contributed by atoms with Gasteiger partial charge >= 0.3 is 0 Å². The van der Waals surface area contributed by atoms with Crippen LogP contribution in [-0.4, -0.2) is 13.1 Å². The predicted octanol–water partition coefficient (Wildman–Crippen LogP) is 2.52. The fraction of sp³-hybridized carbons (Fsp3) is 0.667. The van der Waals surface area contributed by atoms with E-state index in [0.29, 0.717) is 0 Å². The average molecular weight is 226 g/mol. The molecular weight excluding hydrogens is 204 g/mol. The van der Waals surface area contributed by atoms with Crippen LogP contribution in [0.25, 0.3) is 0 Å². The van der Waals surface area contributed by atoms with E-state index < -0.39 is 0 Å². The molecule has 1 unspecified atom stereocenters. The van der Waals surface area contributed by atoms with Gasteiger partial charge in [0, 0.05) is 13.1 Å². The molecule has 1 rings (SSSR count). The lowest BCUT2D eigenvalue weighted by Gasteiger charge is -2.26. The molecule has 2 nitrogen and oxygen atoms in total. The number of rotatable bonds is 6. The summed E-state index contributed by atoms with van der Waals surface area (Å²) in [5.74, 6) is 0. The molecule has 0 aliphatic rings. The fourth-order valence-electron chi connectivity index (χ4n) is 1.41. The van der Waals surface area contributed by atoms with Crippen molar-refractivity contribution < 1.29 is 0 Å². The highest BCUT2D eigenvalue weighted by molar-refractivity contribution is 7.08. The number of thiophene rings is 1. The molecule has 0 aromatic carbocycles. The minimum absolute atomic E-state index is 0.240. The average Bonchev–Trinajstić information content (AvgIpc) is 2.64. The summed E-state index contributed by atoms with van der Waals surface area (Å²) in [4.78, 5) is 0. The maximum Gasteiger partial charge on any atom is 0.0216 e. The van der Waals surface area contributed by atoms with Gasteiger partial charge in [-0.05, 0) is 47.2 Å². The third-order valence-corrected chi connectivity index (χ3v) is 4.09. The van der Waals surface area contributed by atoms with Crippen LogP contribution < -0.4 is 11.1 Å². The molecule has 15 heavy (non-hydrogen) atoms. The molecule has 1 atom stereocenters. The van der Waals surface area contributed by atoms with Gasteiger partial charge in [0.25, 0.3) is 0 Å². The van der Waals surface area contributed by atoms with Gasteiger partial charge in [0.05, 0.1) is 0 Å².